The minimum absolute atomic E-state index is 0.766. The molecule has 0 amide bonds. The van der Waals surface area contributed by atoms with Crippen LogP contribution >= 0.6 is 0 Å². The monoisotopic (exact) mass is 325 g/mol. The first-order chi connectivity index (χ1) is 12.4. The summed E-state index contributed by atoms with van der Waals surface area (Å²) in [6, 6.07) is 14.4. The molecular formula is C20H13N4O+. The molecule has 5 heteroatoms. The number of hydrogen-bond donors (Lipinski definition) is 0. The van der Waals surface area contributed by atoms with Crippen molar-refractivity contribution < 1.29 is 8.98 Å². The molecule has 0 radical (unpaired) electrons. The van der Waals surface area contributed by atoms with E-state index in [1.807, 2.05) is 55.1 Å². The lowest BCUT2D eigenvalue weighted by Crippen LogP contribution is -2.32. The fourth-order valence-electron chi connectivity index (χ4n) is 3.80. The first-order valence-corrected chi connectivity index (χ1v) is 8.21. The van der Waals surface area contributed by atoms with E-state index in [1.54, 1.807) is 0 Å². The van der Waals surface area contributed by atoms with E-state index in [0.29, 0.717) is 0 Å². The molecule has 25 heavy (non-hydrogen) atoms. The van der Waals surface area contributed by atoms with Crippen molar-refractivity contribution in [2.45, 2.75) is 6.54 Å². The molecule has 1 aliphatic heterocycles. The highest BCUT2D eigenvalue weighted by atomic mass is 16.4. The van der Waals surface area contributed by atoms with Gasteiger partial charge >= 0.3 is 5.65 Å². The zero-order valence-electron chi connectivity index (χ0n) is 13.3. The van der Waals surface area contributed by atoms with E-state index in [2.05, 4.69) is 31.2 Å². The first-order valence-electron chi connectivity index (χ1n) is 8.21. The van der Waals surface area contributed by atoms with Crippen LogP contribution in [0.15, 0.2) is 71.7 Å². The van der Waals surface area contributed by atoms with Crippen LogP contribution in [0, 0.1) is 0 Å². The second-order valence-corrected chi connectivity index (χ2v) is 6.24. The van der Waals surface area contributed by atoms with Crippen LogP contribution in [0.25, 0.3) is 39.3 Å². The molecule has 5 heterocycles. The Morgan fingerprint density at radius 1 is 0.960 bits per heavy atom. The molecular weight excluding hydrogens is 312 g/mol. The third-order valence-electron chi connectivity index (χ3n) is 4.88. The molecule has 0 N–H and O–H groups in total. The predicted molar refractivity (Wildman–Crippen MR) is 93.4 cm³/mol. The molecule has 0 saturated carbocycles. The molecule has 1 aliphatic rings. The molecule has 0 spiro atoms. The standard InChI is InChI=1S/C20H13N4O/c1-2-4-14(5-3-1)24-17-11-22-9-7-16(17)18-19(24)23-12-13-10-21-8-6-15(13)20(23)25-18/h1-11H,12H2/q+1. The van der Waals surface area contributed by atoms with Crippen molar-refractivity contribution >= 4 is 22.1 Å². The van der Waals surface area contributed by atoms with Crippen LogP contribution in [-0.4, -0.2) is 14.5 Å². The fourth-order valence-corrected chi connectivity index (χ4v) is 3.80. The first kappa shape index (κ1) is 12.9. The highest BCUT2D eigenvalue weighted by Crippen LogP contribution is 2.36. The third-order valence-corrected chi connectivity index (χ3v) is 4.88. The largest absolute Gasteiger partial charge is 0.413 e. The summed E-state index contributed by atoms with van der Waals surface area (Å²) in [7, 11) is 0. The Morgan fingerprint density at radius 2 is 1.80 bits per heavy atom. The quantitative estimate of drug-likeness (QED) is 0.435. The van der Waals surface area contributed by atoms with Gasteiger partial charge in [-0.2, -0.15) is 9.13 Å². The predicted octanol–water partition coefficient (Wildman–Crippen LogP) is 3.48. The van der Waals surface area contributed by atoms with Crippen molar-refractivity contribution in [1.29, 1.82) is 0 Å². The lowest BCUT2D eigenvalue weighted by molar-refractivity contribution is -0.651. The Morgan fingerprint density at radius 3 is 2.72 bits per heavy atom. The number of nitrogens with zero attached hydrogens (tertiary/aromatic N) is 4. The normalized spacial score (nSPS) is 12.6. The van der Waals surface area contributed by atoms with Gasteiger partial charge in [-0.1, -0.05) is 18.2 Å². The maximum absolute atomic E-state index is 6.34. The number of aromatic nitrogens is 4. The number of rotatable bonds is 1. The van der Waals surface area contributed by atoms with Crippen molar-refractivity contribution in [2.24, 2.45) is 0 Å². The second kappa shape index (κ2) is 4.54. The van der Waals surface area contributed by atoms with Crippen LogP contribution in [0.1, 0.15) is 5.56 Å². The molecule has 4 aromatic heterocycles. The van der Waals surface area contributed by atoms with Gasteiger partial charge in [0, 0.05) is 24.2 Å². The minimum Gasteiger partial charge on any atom is -0.413 e. The molecule has 0 atom stereocenters. The number of para-hydroxylation sites is 1. The van der Waals surface area contributed by atoms with Gasteiger partial charge in [-0.15, -0.1) is 0 Å². The average molecular weight is 325 g/mol. The lowest BCUT2D eigenvalue weighted by Gasteiger charge is -1.99. The Balaban J connectivity index is 1.79. The van der Waals surface area contributed by atoms with Crippen molar-refractivity contribution in [3.05, 3.63) is 72.8 Å². The smallest absolute Gasteiger partial charge is 0.334 e. The van der Waals surface area contributed by atoms with Crippen LogP contribution < -0.4 is 4.57 Å². The van der Waals surface area contributed by atoms with E-state index in [0.717, 1.165) is 45.8 Å². The SMILES string of the molecule is c1ccc(-n2c3cnccc3c3oc4[n+](c32)Cc2cnccc2-4)cc1. The van der Waals surface area contributed by atoms with Crippen molar-refractivity contribution in [3.8, 4) is 17.1 Å². The molecule has 5 nitrogen and oxygen atoms in total. The van der Waals surface area contributed by atoms with Gasteiger partial charge in [0.2, 0.25) is 5.58 Å². The molecule has 0 aliphatic carbocycles. The van der Waals surface area contributed by atoms with Gasteiger partial charge in [0.05, 0.1) is 17.1 Å². The Hall–Kier alpha value is -3.47. The van der Waals surface area contributed by atoms with E-state index in [9.17, 15) is 0 Å². The van der Waals surface area contributed by atoms with Gasteiger partial charge in [0.25, 0.3) is 5.89 Å². The van der Waals surface area contributed by atoms with Crippen LogP contribution in [0.2, 0.25) is 0 Å². The third kappa shape index (κ3) is 1.59. The molecule has 0 saturated heterocycles. The zero-order valence-corrected chi connectivity index (χ0v) is 13.3. The Kier molecular flexibility index (Phi) is 2.34. The molecule has 0 fully saturated rings. The van der Waals surface area contributed by atoms with Crippen LogP contribution in [-0.2, 0) is 6.54 Å². The number of benzene rings is 1. The van der Waals surface area contributed by atoms with Gasteiger partial charge in [-0.05, 0) is 24.3 Å². The summed E-state index contributed by atoms with van der Waals surface area (Å²) in [5.41, 5.74) is 6.41. The molecule has 5 aromatic rings. The van der Waals surface area contributed by atoms with E-state index in [4.69, 9.17) is 4.42 Å². The molecule has 0 unspecified atom stereocenters. The van der Waals surface area contributed by atoms with E-state index >= 15 is 0 Å². The summed E-state index contributed by atoms with van der Waals surface area (Å²) >= 11 is 0. The Labute approximate surface area is 142 Å². The van der Waals surface area contributed by atoms with Gasteiger partial charge in [-0.25, -0.2) is 0 Å². The summed E-state index contributed by atoms with van der Waals surface area (Å²) in [4.78, 5) is 8.58. The lowest BCUT2D eigenvalue weighted by atomic mass is 10.2. The van der Waals surface area contributed by atoms with Crippen LogP contribution in [0.5, 0.6) is 0 Å². The van der Waals surface area contributed by atoms with Gasteiger partial charge in [0.15, 0.2) is 5.52 Å². The number of oxazole rings is 1. The average Bonchev–Trinajstić information content (AvgIpc) is 3.30. The van der Waals surface area contributed by atoms with Crippen molar-refractivity contribution in [1.82, 2.24) is 14.5 Å². The van der Waals surface area contributed by atoms with Crippen LogP contribution in [0.4, 0.5) is 0 Å². The molecule has 118 valence electrons. The Bertz CT molecular complexity index is 1270. The van der Waals surface area contributed by atoms with Crippen molar-refractivity contribution in [2.75, 3.05) is 0 Å². The fraction of sp³-hybridized carbons (Fsp3) is 0.0500. The maximum atomic E-state index is 6.34. The molecule has 0 bridgehead atoms. The minimum atomic E-state index is 0.766. The van der Waals surface area contributed by atoms with E-state index in [1.165, 1.54) is 5.56 Å². The summed E-state index contributed by atoms with van der Waals surface area (Å²) in [6.45, 7) is 0.766. The highest BCUT2D eigenvalue weighted by Gasteiger charge is 2.35. The van der Waals surface area contributed by atoms with Gasteiger partial charge < -0.3 is 4.42 Å². The summed E-state index contributed by atoms with van der Waals surface area (Å²) in [6.07, 6.45) is 7.44. The zero-order chi connectivity index (χ0) is 16.4. The molecule has 6 rings (SSSR count). The van der Waals surface area contributed by atoms with E-state index in [-0.39, 0.29) is 0 Å². The summed E-state index contributed by atoms with van der Waals surface area (Å²) in [5.74, 6) is 0.894. The van der Waals surface area contributed by atoms with Gasteiger partial charge in [0.1, 0.15) is 12.2 Å². The molecule has 1 aromatic carbocycles. The number of pyridine rings is 2. The summed E-state index contributed by atoms with van der Waals surface area (Å²) in [5, 5.41) is 1.08. The second-order valence-electron chi connectivity index (χ2n) is 6.24. The topological polar surface area (TPSA) is 47.7 Å². The van der Waals surface area contributed by atoms with Crippen LogP contribution in [0.3, 0.4) is 0 Å². The number of fused-ring (bicyclic) bond motifs is 7. The number of hydrogen-bond acceptors (Lipinski definition) is 3. The maximum Gasteiger partial charge on any atom is 0.334 e. The van der Waals surface area contributed by atoms with Crippen molar-refractivity contribution in [3.63, 3.8) is 0 Å². The highest BCUT2D eigenvalue weighted by molar-refractivity contribution is 6.03. The van der Waals surface area contributed by atoms with Gasteiger partial charge in [-0.3, -0.25) is 9.97 Å². The van der Waals surface area contributed by atoms with E-state index < -0.39 is 0 Å². The summed E-state index contributed by atoms with van der Waals surface area (Å²) < 4.78 is 10.8.